The second kappa shape index (κ2) is 8.86. The zero-order valence-corrected chi connectivity index (χ0v) is 17.6. The van der Waals surface area contributed by atoms with Crippen molar-refractivity contribution < 1.29 is 19.1 Å². The van der Waals surface area contributed by atoms with Crippen LogP contribution in [0, 0.1) is 10.8 Å². The van der Waals surface area contributed by atoms with Crippen LogP contribution in [0.5, 0.6) is 0 Å². The number of morpholine rings is 2. The van der Waals surface area contributed by atoms with Gasteiger partial charge in [0.05, 0.1) is 26.4 Å². The number of nitrogens with zero attached hydrogens (tertiary/aromatic N) is 2. The third-order valence-electron chi connectivity index (χ3n) is 6.03. The lowest BCUT2D eigenvalue weighted by atomic mass is 9.62. The summed E-state index contributed by atoms with van der Waals surface area (Å²) in [5, 5.41) is 6.37. The minimum atomic E-state index is -0.0490. The molecule has 3 fully saturated rings. The van der Waals surface area contributed by atoms with E-state index in [1.54, 1.807) is 0 Å². The summed E-state index contributed by atoms with van der Waals surface area (Å²) in [5.74, 6) is 0. The van der Waals surface area contributed by atoms with E-state index in [0.29, 0.717) is 59.2 Å². The highest BCUT2D eigenvalue weighted by atomic mass is 16.5. The summed E-state index contributed by atoms with van der Waals surface area (Å²) >= 11 is 0. The molecule has 0 aromatic heterocycles. The summed E-state index contributed by atoms with van der Waals surface area (Å²) in [6.07, 6.45) is 2.85. The van der Waals surface area contributed by atoms with E-state index in [1.807, 2.05) is 9.80 Å². The molecule has 1 saturated carbocycles. The highest BCUT2D eigenvalue weighted by molar-refractivity contribution is 5.75. The van der Waals surface area contributed by atoms with Gasteiger partial charge in [0.25, 0.3) is 0 Å². The van der Waals surface area contributed by atoms with E-state index in [4.69, 9.17) is 9.47 Å². The molecule has 2 saturated heterocycles. The molecule has 2 aliphatic heterocycles. The molecular formula is C20H36N4O4. The average molecular weight is 397 g/mol. The van der Waals surface area contributed by atoms with Gasteiger partial charge in [-0.15, -0.1) is 0 Å². The van der Waals surface area contributed by atoms with Crippen LogP contribution in [0.1, 0.15) is 40.0 Å². The predicted molar refractivity (Wildman–Crippen MR) is 106 cm³/mol. The van der Waals surface area contributed by atoms with Gasteiger partial charge in [0, 0.05) is 38.8 Å². The van der Waals surface area contributed by atoms with Crippen LogP contribution in [0.2, 0.25) is 0 Å². The summed E-state index contributed by atoms with van der Waals surface area (Å²) in [7, 11) is 0. The number of rotatable bonds is 3. The van der Waals surface area contributed by atoms with Crippen LogP contribution in [-0.4, -0.2) is 87.1 Å². The standard InChI is InChI=1S/C20H36N4O4/c1-19(2)12-16(22-18(26)24-6-10-28-11-7-24)13-20(3,14-19)15-21-17(25)23-4-8-27-9-5-23/h16H,4-15H2,1-3H3,(H,21,25)(H,22,26)/t16-,20+/m1/s1. The fourth-order valence-corrected chi connectivity index (χ4v) is 5.07. The summed E-state index contributed by atoms with van der Waals surface area (Å²) in [4.78, 5) is 28.8. The van der Waals surface area contributed by atoms with Crippen LogP contribution in [0.15, 0.2) is 0 Å². The van der Waals surface area contributed by atoms with Crippen molar-refractivity contribution in [2.75, 3.05) is 59.2 Å². The lowest BCUT2D eigenvalue weighted by Gasteiger charge is -2.47. The Hall–Kier alpha value is -1.54. The zero-order chi connectivity index (χ0) is 20.2. The maximum absolute atomic E-state index is 12.6. The Morgan fingerprint density at radius 2 is 1.43 bits per heavy atom. The monoisotopic (exact) mass is 396 g/mol. The molecule has 0 spiro atoms. The van der Waals surface area contributed by atoms with Gasteiger partial charge in [-0.05, 0) is 30.1 Å². The maximum Gasteiger partial charge on any atom is 0.317 e. The van der Waals surface area contributed by atoms with Crippen molar-refractivity contribution in [1.82, 2.24) is 20.4 Å². The molecule has 4 amide bonds. The Labute approximate surface area is 168 Å². The fraction of sp³-hybridized carbons (Fsp3) is 0.900. The normalized spacial score (nSPS) is 30.6. The number of ether oxygens (including phenoxy) is 2. The van der Waals surface area contributed by atoms with Crippen LogP contribution in [0.4, 0.5) is 9.59 Å². The number of nitrogens with one attached hydrogen (secondary N) is 2. The van der Waals surface area contributed by atoms with Gasteiger partial charge < -0.3 is 29.9 Å². The van der Waals surface area contributed by atoms with Crippen LogP contribution < -0.4 is 10.6 Å². The molecule has 160 valence electrons. The molecule has 0 unspecified atom stereocenters. The van der Waals surface area contributed by atoms with Gasteiger partial charge in [0.1, 0.15) is 0 Å². The van der Waals surface area contributed by atoms with E-state index in [1.165, 1.54) is 0 Å². The van der Waals surface area contributed by atoms with E-state index >= 15 is 0 Å². The highest BCUT2D eigenvalue weighted by Crippen LogP contribution is 2.45. The lowest BCUT2D eigenvalue weighted by Crippen LogP contribution is -2.55. The van der Waals surface area contributed by atoms with Crippen molar-refractivity contribution in [2.45, 2.75) is 46.1 Å². The van der Waals surface area contributed by atoms with Gasteiger partial charge in [-0.2, -0.15) is 0 Å². The molecule has 0 aromatic rings. The molecule has 1 aliphatic carbocycles. The molecule has 2 N–H and O–H groups in total. The number of carbonyl (C=O) groups excluding carboxylic acids is 2. The first-order valence-corrected chi connectivity index (χ1v) is 10.5. The van der Waals surface area contributed by atoms with Crippen molar-refractivity contribution in [3.8, 4) is 0 Å². The summed E-state index contributed by atoms with van der Waals surface area (Å²) in [5.41, 5.74) is 0.0618. The first-order valence-electron chi connectivity index (χ1n) is 10.5. The Balaban J connectivity index is 1.55. The van der Waals surface area contributed by atoms with Crippen LogP contribution in [0.25, 0.3) is 0 Å². The largest absolute Gasteiger partial charge is 0.378 e. The Morgan fingerprint density at radius 1 is 0.893 bits per heavy atom. The van der Waals surface area contributed by atoms with E-state index in [9.17, 15) is 9.59 Å². The molecular weight excluding hydrogens is 360 g/mol. The molecule has 28 heavy (non-hydrogen) atoms. The van der Waals surface area contributed by atoms with Crippen molar-refractivity contribution in [3.05, 3.63) is 0 Å². The number of hydrogen-bond acceptors (Lipinski definition) is 4. The fourth-order valence-electron chi connectivity index (χ4n) is 5.07. The molecule has 0 radical (unpaired) electrons. The molecule has 2 heterocycles. The topological polar surface area (TPSA) is 83.1 Å². The third kappa shape index (κ3) is 5.73. The molecule has 3 rings (SSSR count). The molecule has 0 bridgehead atoms. The second-order valence-corrected chi connectivity index (χ2v) is 9.56. The van der Waals surface area contributed by atoms with Crippen molar-refractivity contribution in [2.24, 2.45) is 10.8 Å². The quantitative estimate of drug-likeness (QED) is 0.760. The first kappa shape index (κ1) is 21.2. The number of urea groups is 2. The summed E-state index contributed by atoms with van der Waals surface area (Å²) in [6.45, 7) is 12.4. The Bertz CT molecular complexity index is 558. The van der Waals surface area contributed by atoms with Crippen molar-refractivity contribution in [3.63, 3.8) is 0 Å². The highest BCUT2D eigenvalue weighted by Gasteiger charge is 2.42. The molecule has 2 atom stereocenters. The number of amides is 4. The first-order chi connectivity index (χ1) is 13.3. The van der Waals surface area contributed by atoms with Gasteiger partial charge in [0.2, 0.25) is 0 Å². The Morgan fingerprint density at radius 3 is 2.00 bits per heavy atom. The minimum Gasteiger partial charge on any atom is -0.378 e. The van der Waals surface area contributed by atoms with E-state index in [0.717, 1.165) is 19.3 Å². The van der Waals surface area contributed by atoms with Crippen LogP contribution in [-0.2, 0) is 9.47 Å². The van der Waals surface area contributed by atoms with Gasteiger partial charge in [-0.3, -0.25) is 0 Å². The predicted octanol–water partition coefficient (Wildman–Crippen LogP) is 1.66. The maximum atomic E-state index is 12.6. The summed E-state index contributed by atoms with van der Waals surface area (Å²) < 4.78 is 10.7. The van der Waals surface area contributed by atoms with Gasteiger partial charge in [-0.1, -0.05) is 20.8 Å². The molecule has 8 heteroatoms. The van der Waals surface area contributed by atoms with Crippen LogP contribution >= 0.6 is 0 Å². The molecule has 0 aromatic carbocycles. The van der Waals surface area contributed by atoms with Gasteiger partial charge >= 0.3 is 12.1 Å². The Kier molecular flexibility index (Phi) is 6.70. The third-order valence-corrected chi connectivity index (χ3v) is 6.03. The van der Waals surface area contributed by atoms with Crippen molar-refractivity contribution in [1.29, 1.82) is 0 Å². The smallest absolute Gasteiger partial charge is 0.317 e. The van der Waals surface area contributed by atoms with Crippen molar-refractivity contribution >= 4 is 12.1 Å². The second-order valence-electron chi connectivity index (χ2n) is 9.56. The zero-order valence-electron chi connectivity index (χ0n) is 17.6. The van der Waals surface area contributed by atoms with Gasteiger partial charge in [0.15, 0.2) is 0 Å². The molecule has 8 nitrogen and oxygen atoms in total. The molecule has 3 aliphatic rings. The van der Waals surface area contributed by atoms with E-state index in [-0.39, 0.29) is 28.9 Å². The lowest BCUT2D eigenvalue weighted by molar-refractivity contribution is 0.0422. The van der Waals surface area contributed by atoms with E-state index < -0.39 is 0 Å². The SMILES string of the molecule is CC1(C)C[C@@H](NC(=O)N2CCOCC2)C[C@](C)(CNC(=O)N2CCOCC2)C1. The van der Waals surface area contributed by atoms with Gasteiger partial charge in [-0.25, -0.2) is 9.59 Å². The van der Waals surface area contributed by atoms with Crippen LogP contribution in [0.3, 0.4) is 0 Å². The minimum absolute atomic E-state index is 0.00528. The average Bonchev–Trinajstić information content (AvgIpc) is 2.66. The number of hydrogen-bond donors (Lipinski definition) is 2. The van der Waals surface area contributed by atoms with E-state index in [2.05, 4.69) is 31.4 Å². The number of carbonyl (C=O) groups is 2. The summed E-state index contributed by atoms with van der Waals surface area (Å²) in [6, 6.07) is 0.108.